The van der Waals surface area contributed by atoms with Gasteiger partial charge in [0.15, 0.2) is 11.8 Å². The Kier molecular flexibility index (Phi) is 6.68. The quantitative estimate of drug-likeness (QED) is 0.575. The molecule has 1 aromatic heterocycles. The molecule has 0 aliphatic heterocycles. The average Bonchev–Trinajstić information content (AvgIpc) is 3.24. The fourth-order valence-electron chi connectivity index (χ4n) is 2.59. The second-order valence-corrected chi connectivity index (χ2v) is 7.60. The summed E-state index contributed by atoms with van der Waals surface area (Å²) in [5.74, 6) is -0.311. The molecule has 3 aromatic rings. The molecule has 0 bridgehead atoms. The Morgan fingerprint density at radius 2 is 1.73 bits per heavy atom. The molecule has 0 fully saturated rings. The van der Waals surface area contributed by atoms with Crippen molar-refractivity contribution in [3.63, 3.8) is 0 Å². The highest BCUT2D eigenvalue weighted by atomic mass is 32.1. The number of nitrogens with zero attached hydrogens (tertiary/aromatic N) is 2. The summed E-state index contributed by atoms with van der Waals surface area (Å²) in [4.78, 5) is 31.0. The van der Waals surface area contributed by atoms with E-state index in [1.165, 1.54) is 18.3 Å². The van der Waals surface area contributed by atoms with Gasteiger partial charge in [-0.05, 0) is 55.5 Å². The lowest BCUT2D eigenvalue weighted by atomic mass is 10.2. The highest BCUT2D eigenvalue weighted by molar-refractivity contribution is 7.13. The van der Waals surface area contributed by atoms with Crippen LogP contribution in [0.15, 0.2) is 53.9 Å². The van der Waals surface area contributed by atoms with Gasteiger partial charge in [0.05, 0.1) is 7.11 Å². The Morgan fingerprint density at radius 3 is 2.33 bits per heavy atom. The normalized spacial score (nSPS) is 11.5. The second kappa shape index (κ2) is 9.41. The first-order valence-electron chi connectivity index (χ1n) is 9.26. The zero-order chi connectivity index (χ0) is 21.7. The Hall–Kier alpha value is -3.39. The Balaban J connectivity index is 1.59. The smallest absolute Gasteiger partial charge is 0.358 e. The van der Waals surface area contributed by atoms with Gasteiger partial charge in [0, 0.05) is 36.4 Å². The summed E-state index contributed by atoms with van der Waals surface area (Å²) in [5, 5.41) is 5.04. The van der Waals surface area contributed by atoms with E-state index >= 15 is 0 Å². The molecule has 0 saturated heterocycles. The van der Waals surface area contributed by atoms with Crippen molar-refractivity contribution < 1.29 is 19.1 Å². The van der Waals surface area contributed by atoms with Crippen molar-refractivity contribution >= 4 is 34.6 Å². The predicted molar refractivity (Wildman–Crippen MR) is 118 cm³/mol. The third kappa shape index (κ3) is 5.15. The lowest BCUT2D eigenvalue weighted by Gasteiger charge is -2.15. The van der Waals surface area contributed by atoms with E-state index in [0.717, 1.165) is 17.0 Å². The molecule has 0 aliphatic rings. The van der Waals surface area contributed by atoms with Crippen molar-refractivity contribution in [3.05, 3.63) is 59.6 Å². The molecule has 0 radical (unpaired) electrons. The molecular formula is C22H23N3O4S. The van der Waals surface area contributed by atoms with E-state index in [9.17, 15) is 9.59 Å². The van der Waals surface area contributed by atoms with Crippen LogP contribution in [-0.4, -0.2) is 44.2 Å². The Morgan fingerprint density at radius 1 is 1.07 bits per heavy atom. The maximum atomic E-state index is 12.4. The van der Waals surface area contributed by atoms with Crippen molar-refractivity contribution in [3.8, 4) is 16.3 Å². The summed E-state index contributed by atoms with van der Waals surface area (Å²) in [6.07, 6.45) is -0.961. The zero-order valence-corrected chi connectivity index (χ0v) is 18.0. The Bertz CT molecular complexity index is 1010. The molecule has 0 spiro atoms. The van der Waals surface area contributed by atoms with Gasteiger partial charge in [0.2, 0.25) is 0 Å². The van der Waals surface area contributed by atoms with Gasteiger partial charge in [-0.1, -0.05) is 0 Å². The van der Waals surface area contributed by atoms with Crippen LogP contribution in [0.3, 0.4) is 0 Å². The van der Waals surface area contributed by atoms with Gasteiger partial charge < -0.3 is 19.7 Å². The predicted octanol–water partition coefficient (Wildman–Crippen LogP) is 4.07. The maximum absolute atomic E-state index is 12.4. The van der Waals surface area contributed by atoms with Crippen molar-refractivity contribution in [2.45, 2.75) is 13.0 Å². The van der Waals surface area contributed by atoms with E-state index in [4.69, 9.17) is 9.47 Å². The van der Waals surface area contributed by atoms with Crippen LogP contribution in [0.5, 0.6) is 5.75 Å². The molecule has 0 aliphatic carbocycles. The Labute approximate surface area is 179 Å². The summed E-state index contributed by atoms with van der Waals surface area (Å²) in [7, 11) is 5.48. The minimum Gasteiger partial charge on any atom is -0.497 e. The summed E-state index contributed by atoms with van der Waals surface area (Å²) < 4.78 is 10.4. The van der Waals surface area contributed by atoms with E-state index in [1.807, 2.05) is 55.4 Å². The molecule has 8 heteroatoms. The standard InChI is InChI=1S/C22H23N3O4S/c1-14(20(26)23-16-7-9-17(10-8-16)25(2)3)29-22(27)19-13-30-21(24-19)15-5-11-18(28-4)12-6-15/h5-14H,1-4H3,(H,23,26). The molecule has 2 aromatic carbocycles. The summed E-state index contributed by atoms with van der Waals surface area (Å²) in [6.45, 7) is 1.53. The van der Waals surface area contributed by atoms with Crippen molar-refractivity contribution in [2.75, 3.05) is 31.4 Å². The molecular weight excluding hydrogens is 402 g/mol. The fourth-order valence-corrected chi connectivity index (χ4v) is 3.39. The van der Waals surface area contributed by atoms with E-state index in [1.54, 1.807) is 24.6 Å². The first-order valence-corrected chi connectivity index (χ1v) is 10.1. The van der Waals surface area contributed by atoms with Gasteiger partial charge >= 0.3 is 5.97 Å². The minimum absolute atomic E-state index is 0.167. The lowest BCUT2D eigenvalue weighted by molar-refractivity contribution is -0.123. The number of rotatable bonds is 7. The van der Waals surface area contributed by atoms with Crippen molar-refractivity contribution in [2.24, 2.45) is 0 Å². The number of hydrogen-bond donors (Lipinski definition) is 1. The number of anilines is 2. The van der Waals surface area contributed by atoms with Crippen LogP contribution in [0.1, 0.15) is 17.4 Å². The number of carbonyl (C=O) groups is 2. The third-order valence-electron chi connectivity index (χ3n) is 4.35. The molecule has 156 valence electrons. The molecule has 3 rings (SSSR count). The van der Waals surface area contributed by atoms with Crippen LogP contribution >= 0.6 is 11.3 Å². The molecule has 1 atom stereocenters. The summed E-state index contributed by atoms with van der Waals surface area (Å²) in [6, 6.07) is 14.8. The molecule has 1 amide bonds. The van der Waals surface area contributed by atoms with E-state index < -0.39 is 18.0 Å². The number of ether oxygens (including phenoxy) is 2. The third-order valence-corrected chi connectivity index (χ3v) is 5.25. The molecule has 30 heavy (non-hydrogen) atoms. The number of hydrogen-bond acceptors (Lipinski definition) is 7. The average molecular weight is 426 g/mol. The van der Waals surface area contributed by atoms with Gasteiger partial charge in [-0.25, -0.2) is 9.78 Å². The largest absolute Gasteiger partial charge is 0.497 e. The highest BCUT2D eigenvalue weighted by Gasteiger charge is 2.21. The van der Waals surface area contributed by atoms with E-state index in [2.05, 4.69) is 10.3 Å². The van der Waals surface area contributed by atoms with Crippen molar-refractivity contribution in [1.82, 2.24) is 4.98 Å². The number of methoxy groups -OCH3 is 1. The van der Waals surface area contributed by atoms with Crippen LogP contribution < -0.4 is 15.0 Å². The number of nitrogens with one attached hydrogen (secondary N) is 1. The van der Waals surface area contributed by atoms with Gasteiger partial charge in [0.1, 0.15) is 10.8 Å². The van der Waals surface area contributed by atoms with Crippen LogP contribution in [0, 0.1) is 0 Å². The number of thiazole rings is 1. The molecule has 0 saturated carbocycles. The maximum Gasteiger partial charge on any atom is 0.358 e. The summed E-state index contributed by atoms with van der Waals surface area (Å²) >= 11 is 1.33. The second-order valence-electron chi connectivity index (χ2n) is 6.74. The monoisotopic (exact) mass is 425 g/mol. The number of amides is 1. The van der Waals surface area contributed by atoms with Gasteiger partial charge in [0.25, 0.3) is 5.91 Å². The number of esters is 1. The molecule has 1 N–H and O–H groups in total. The molecule has 7 nitrogen and oxygen atoms in total. The molecule has 1 unspecified atom stereocenters. The topological polar surface area (TPSA) is 80.8 Å². The number of aromatic nitrogens is 1. The first-order chi connectivity index (χ1) is 14.4. The fraction of sp³-hybridized carbons (Fsp3) is 0.227. The van der Waals surface area contributed by atoms with Gasteiger partial charge in [-0.3, -0.25) is 4.79 Å². The number of carbonyl (C=O) groups excluding carboxylic acids is 2. The zero-order valence-electron chi connectivity index (χ0n) is 17.2. The van der Waals surface area contributed by atoms with Gasteiger partial charge in [-0.15, -0.1) is 11.3 Å². The SMILES string of the molecule is COc1ccc(-c2nc(C(=O)OC(C)C(=O)Nc3ccc(N(C)C)cc3)cs2)cc1. The van der Waals surface area contributed by atoms with Crippen LogP contribution in [0.4, 0.5) is 11.4 Å². The first kappa shape index (κ1) is 21.3. The van der Waals surface area contributed by atoms with E-state index in [-0.39, 0.29) is 5.69 Å². The van der Waals surface area contributed by atoms with Crippen LogP contribution in [0.25, 0.3) is 10.6 Å². The molecule has 1 heterocycles. The summed E-state index contributed by atoms with van der Waals surface area (Å²) in [5.41, 5.74) is 2.68. The van der Waals surface area contributed by atoms with Crippen LogP contribution in [-0.2, 0) is 9.53 Å². The minimum atomic E-state index is -0.961. The lowest BCUT2D eigenvalue weighted by Crippen LogP contribution is -2.30. The highest BCUT2D eigenvalue weighted by Crippen LogP contribution is 2.26. The van der Waals surface area contributed by atoms with Crippen molar-refractivity contribution in [1.29, 1.82) is 0 Å². The number of benzene rings is 2. The van der Waals surface area contributed by atoms with Gasteiger partial charge in [-0.2, -0.15) is 0 Å². The van der Waals surface area contributed by atoms with E-state index in [0.29, 0.717) is 10.7 Å². The van der Waals surface area contributed by atoms with Crippen LogP contribution in [0.2, 0.25) is 0 Å².